The van der Waals surface area contributed by atoms with Gasteiger partial charge in [0.25, 0.3) is 0 Å². The maximum absolute atomic E-state index is 13.1. The molecule has 0 spiro atoms. The van der Waals surface area contributed by atoms with E-state index in [-0.39, 0.29) is 11.4 Å². The van der Waals surface area contributed by atoms with Gasteiger partial charge in [0.1, 0.15) is 5.76 Å². The van der Waals surface area contributed by atoms with Crippen molar-refractivity contribution in [3.63, 3.8) is 0 Å². The maximum Gasteiger partial charge on any atom is 0.230 e. The summed E-state index contributed by atoms with van der Waals surface area (Å²) in [5.41, 5.74) is 2.14. The molecule has 4 bridgehead atoms. The Balaban J connectivity index is 1.19. The van der Waals surface area contributed by atoms with Gasteiger partial charge in [0, 0.05) is 5.54 Å². The van der Waals surface area contributed by atoms with Crippen molar-refractivity contribution in [3.05, 3.63) is 54.0 Å². The summed E-state index contributed by atoms with van der Waals surface area (Å²) in [6.07, 6.45) is 9.32. The lowest BCUT2D eigenvalue weighted by Gasteiger charge is -2.56. The lowest BCUT2D eigenvalue weighted by molar-refractivity contribution is -0.124. The number of hydrogen-bond acceptors (Lipinski definition) is 5. The van der Waals surface area contributed by atoms with Crippen LogP contribution in [0.4, 0.5) is 0 Å². The van der Waals surface area contributed by atoms with Crippen LogP contribution in [0, 0.1) is 24.7 Å². The van der Waals surface area contributed by atoms with E-state index < -0.39 is 0 Å². The van der Waals surface area contributed by atoms with Crippen molar-refractivity contribution >= 4 is 17.7 Å². The van der Waals surface area contributed by atoms with Crippen molar-refractivity contribution in [2.75, 3.05) is 5.75 Å². The average molecular weight is 463 g/mol. The van der Waals surface area contributed by atoms with Crippen LogP contribution in [0.3, 0.4) is 0 Å². The fourth-order valence-corrected chi connectivity index (χ4v) is 7.58. The second-order valence-electron chi connectivity index (χ2n) is 10.3. The van der Waals surface area contributed by atoms with Gasteiger partial charge in [0.15, 0.2) is 11.0 Å². The zero-order chi connectivity index (χ0) is 22.4. The Hall–Kier alpha value is -2.54. The third kappa shape index (κ3) is 4.12. The van der Waals surface area contributed by atoms with Crippen molar-refractivity contribution in [2.45, 2.75) is 62.7 Å². The van der Waals surface area contributed by atoms with Crippen LogP contribution in [0.25, 0.3) is 11.4 Å². The first-order valence-electron chi connectivity index (χ1n) is 12.0. The van der Waals surface area contributed by atoms with Crippen molar-refractivity contribution in [2.24, 2.45) is 17.8 Å². The highest BCUT2D eigenvalue weighted by Gasteiger charge is 2.51. The van der Waals surface area contributed by atoms with Crippen LogP contribution in [0.1, 0.15) is 49.8 Å². The number of hydrogen-bond donors (Lipinski definition) is 1. The minimum atomic E-state index is 0.0448. The van der Waals surface area contributed by atoms with Gasteiger partial charge in [-0.25, -0.2) is 0 Å². The van der Waals surface area contributed by atoms with E-state index in [1.54, 1.807) is 6.26 Å². The molecule has 3 aromatic rings. The van der Waals surface area contributed by atoms with Crippen LogP contribution in [0.2, 0.25) is 0 Å². The molecule has 0 atom stereocenters. The number of benzene rings is 1. The molecule has 4 aliphatic rings. The first kappa shape index (κ1) is 21.0. The molecule has 0 unspecified atom stereocenters. The molecule has 2 heterocycles. The van der Waals surface area contributed by atoms with E-state index in [1.807, 2.05) is 31.2 Å². The Morgan fingerprint density at radius 1 is 1.09 bits per heavy atom. The normalized spacial score (nSPS) is 27.7. The van der Waals surface area contributed by atoms with Crippen LogP contribution in [-0.2, 0) is 11.3 Å². The number of nitrogens with zero attached hydrogens (tertiary/aromatic N) is 3. The summed E-state index contributed by atoms with van der Waals surface area (Å²) in [6, 6.07) is 12.2. The second kappa shape index (κ2) is 8.35. The molecule has 4 saturated carbocycles. The lowest BCUT2D eigenvalue weighted by Crippen LogP contribution is -2.60. The van der Waals surface area contributed by atoms with Crippen LogP contribution >= 0.6 is 11.8 Å². The second-order valence-corrected chi connectivity index (χ2v) is 11.2. The summed E-state index contributed by atoms with van der Waals surface area (Å²) in [5.74, 6) is 4.52. The summed E-state index contributed by atoms with van der Waals surface area (Å²) >= 11 is 1.47. The van der Waals surface area contributed by atoms with E-state index in [1.165, 1.54) is 55.9 Å². The molecule has 6 nitrogen and oxygen atoms in total. The number of carbonyl (C=O) groups is 1. The Morgan fingerprint density at radius 2 is 1.79 bits per heavy atom. The predicted octanol–water partition coefficient (Wildman–Crippen LogP) is 5.07. The smallest absolute Gasteiger partial charge is 0.230 e. The number of rotatable bonds is 7. The number of thioether (sulfide) groups is 1. The summed E-state index contributed by atoms with van der Waals surface area (Å²) in [4.78, 5) is 13.1. The number of aromatic nitrogens is 3. The summed E-state index contributed by atoms with van der Waals surface area (Å²) < 4.78 is 7.61. The van der Waals surface area contributed by atoms with E-state index >= 15 is 0 Å². The highest BCUT2D eigenvalue weighted by Crippen LogP contribution is 2.55. The lowest BCUT2D eigenvalue weighted by atomic mass is 9.53. The highest BCUT2D eigenvalue weighted by molar-refractivity contribution is 7.99. The van der Waals surface area contributed by atoms with Crippen molar-refractivity contribution in [1.82, 2.24) is 20.1 Å². The van der Waals surface area contributed by atoms with Crippen LogP contribution in [0.15, 0.2) is 52.2 Å². The Morgan fingerprint density at radius 3 is 2.42 bits per heavy atom. The number of amides is 1. The van der Waals surface area contributed by atoms with Crippen LogP contribution in [0.5, 0.6) is 0 Å². The average Bonchev–Trinajstić information content (AvgIpc) is 3.37. The summed E-state index contributed by atoms with van der Waals surface area (Å²) in [6.45, 7) is 2.58. The van der Waals surface area contributed by atoms with Gasteiger partial charge in [0.2, 0.25) is 5.91 Å². The zero-order valence-electron chi connectivity index (χ0n) is 19.0. The van der Waals surface area contributed by atoms with Gasteiger partial charge in [-0.1, -0.05) is 42.1 Å². The zero-order valence-corrected chi connectivity index (χ0v) is 19.8. The molecule has 0 aliphatic heterocycles. The number of nitrogens with one attached hydrogen (secondary N) is 1. The predicted molar refractivity (Wildman–Crippen MR) is 128 cm³/mol. The maximum atomic E-state index is 13.1. The standard InChI is InChI=1S/C26H30N4O2S/c1-17-22(7-8-32-17)24-28-29-25(30(24)15-18-5-3-2-4-6-18)33-16-23(31)27-26-12-19-9-20(13-26)11-21(10-19)14-26/h2-8,19-21H,9-16H2,1H3,(H,27,31). The third-order valence-electron chi connectivity index (χ3n) is 7.78. The molecule has 1 amide bonds. The number of furan rings is 1. The van der Waals surface area contributed by atoms with Crippen molar-refractivity contribution in [3.8, 4) is 11.4 Å². The number of carbonyl (C=O) groups excluding carboxylic acids is 1. The van der Waals surface area contributed by atoms with Crippen LogP contribution < -0.4 is 5.32 Å². The molecule has 1 N–H and O–H groups in total. The Labute approximate surface area is 198 Å². The van der Waals surface area contributed by atoms with Gasteiger partial charge in [0.05, 0.1) is 24.1 Å². The molecule has 2 aromatic heterocycles. The topological polar surface area (TPSA) is 72.9 Å². The highest BCUT2D eigenvalue weighted by atomic mass is 32.2. The van der Waals surface area contributed by atoms with Gasteiger partial charge in [-0.3, -0.25) is 9.36 Å². The molecule has 172 valence electrons. The molecule has 33 heavy (non-hydrogen) atoms. The number of aryl methyl sites for hydroxylation is 1. The summed E-state index contributed by atoms with van der Waals surface area (Å²) in [7, 11) is 0. The molecule has 0 saturated heterocycles. The van der Waals surface area contributed by atoms with Crippen molar-refractivity contribution in [1.29, 1.82) is 0 Å². The van der Waals surface area contributed by atoms with Crippen LogP contribution in [-0.4, -0.2) is 32.0 Å². The summed E-state index contributed by atoms with van der Waals surface area (Å²) in [5, 5.41) is 13.2. The minimum Gasteiger partial charge on any atom is -0.469 e. The fourth-order valence-electron chi connectivity index (χ4n) is 6.85. The van der Waals surface area contributed by atoms with Gasteiger partial charge >= 0.3 is 0 Å². The van der Waals surface area contributed by atoms with E-state index in [0.717, 1.165) is 40.1 Å². The quantitative estimate of drug-likeness (QED) is 0.496. The van der Waals surface area contributed by atoms with Gasteiger partial charge < -0.3 is 9.73 Å². The first-order valence-corrected chi connectivity index (χ1v) is 13.0. The molecule has 1 aromatic carbocycles. The molecule has 7 rings (SSSR count). The monoisotopic (exact) mass is 462 g/mol. The van der Waals surface area contributed by atoms with E-state index in [2.05, 4.69) is 32.2 Å². The first-order chi connectivity index (χ1) is 16.1. The third-order valence-corrected chi connectivity index (χ3v) is 8.74. The van der Waals surface area contributed by atoms with E-state index in [4.69, 9.17) is 4.42 Å². The van der Waals surface area contributed by atoms with Crippen molar-refractivity contribution < 1.29 is 9.21 Å². The van der Waals surface area contributed by atoms with E-state index in [0.29, 0.717) is 12.3 Å². The molecule has 0 radical (unpaired) electrons. The molecule has 4 fully saturated rings. The largest absolute Gasteiger partial charge is 0.469 e. The molecule has 7 heteroatoms. The Bertz CT molecular complexity index is 1120. The molecular formula is C26H30N4O2S. The van der Waals surface area contributed by atoms with Gasteiger partial charge in [-0.15, -0.1) is 10.2 Å². The fraction of sp³-hybridized carbons (Fsp3) is 0.500. The molecule has 4 aliphatic carbocycles. The molecular weight excluding hydrogens is 432 g/mol. The minimum absolute atomic E-state index is 0.0448. The Kier molecular flexibility index (Phi) is 5.32. The van der Waals surface area contributed by atoms with E-state index in [9.17, 15) is 4.79 Å². The van der Waals surface area contributed by atoms with Gasteiger partial charge in [-0.05, 0) is 74.8 Å². The SMILES string of the molecule is Cc1occc1-c1nnc(SCC(=O)NC23CC4CC(CC(C4)C2)C3)n1Cc1ccccc1. The van der Waals surface area contributed by atoms with Gasteiger partial charge in [-0.2, -0.15) is 0 Å².